The zero-order chi connectivity index (χ0) is 29.7. The normalized spacial score (nSPS) is 8.00. The molecule has 0 amide bonds. The molecule has 1 aromatic rings. The lowest BCUT2D eigenvalue weighted by Gasteiger charge is -1.69. The highest BCUT2D eigenvalue weighted by atomic mass is 13.7. The zero-order valence-corrected chi connectivity index (χ0v) is 24.2. The number of hydrogen-bond acceptors (Lipinski definition) is 0. The van der Waals surface area contributed by atoms with Gasteiger partial charge in [-0.05, 0) is 0 Å². The molecule has 0 aliphatic heterocycles. The average molecular weight is 547 g/mol. The highest BCUT2D eigenvalue weighted by molar-refractivity contribution is 5.02. The van der Waals surface area contributed by atoms with Crippen molar-refractivity contribution in [1.82, 2.24) is 0 Å². The van der Waals surface area contributed by atoms with Crippen LogP contribution in [-0.2, 0) is 0 Å². The molecule has 0 aromatic heterocycles. The van der Waals surface area contributed by atoms with Crippen LogP contribution in [0.3, 0.4) is 0 Å². The minimum absolute atomic E-state index is 2.00. The maximum atomic E-state index is 2.00. The maximum Gasteiger partial charge on any atom is -0.0623 e. The van der Waals surface area contributed by atoms with Crippen LogP contribution in [-0.4, -0.2) is 0 Å². The van der Waals surface area contributed by atoms with Gasteiger partial charge in [-0.2, -0.15) is 0 Å². The van der Waals surface area contributed by atoms with Gasteiger partial charge in [-0.15, -0.1) is 0 Å². The van der Waals surface area contributed by atoms with Gasteiger partial charge >= 0.3 is 0 Å². The Morgan fingerprint density at radius 1 is 0.0476 bits per heavy atom. The van der Waals surface area contributed by atoms with E-state index in [4.69, 9.17) is 0 Å². The molecule has 0 N–H and O–H groups in total. The predicted molar refractivity (Wildman–Crippen MR) is 185 cm³/mol. The SMILES string of the molecule is c1ccccccccccccccccccccccccccccccccccccccccc1. The Bertz CT molecular complexity index is 813. The summed E-state index contributed by atoms with van der Waals surface area (Å²) in [5.74, 6) is 0. The summed E-state index contributed by atoms with van der Waals surface area (Å²) in [5.41, 5.74) is 0. The monoisotopic (exact) mass is 546 g/mol. The van der Waals surface area contributed by atoms with Crippen LogP contribution in [0.5, 0.6) is 0 Å². The summed E-state index contributed by atoms with van der Waals surface area (Å²) in [4.78, 5) is 0. The fourth-order valence-corrected chi connectivity index (χ4v) is 2.69. The van der Waals surface area contributed by atoms with Gasteiger partial charge in [0.1, 0.15) is 0 Å². The molecule has 1 rings (SSSR count). The van der Waals surface area contributed by atoms with E-state index in [1.807, 2.05) is 255 Å². The molecule has 0 atom stereocenters. The fraction of sp³-hybridized carbons (Fsp3) is 0. The first-order valence-electron chi connectivity index (χ1n) is 14.0. The molecule has 0 nitrogen and oxygen atoms in total. The molecule has 0 saturated carbocycles. The van der Waals surface area contributed by atoms with Crippen molar-refractivity contribution in [2.24, 2.45) is 0 Å². The van der Waals surface area contributed by atoms with Crippen molar-refractivity contribution in [3.63, 3.8) is 0 Å². The lowest BCUT2D eigenvalue weighted by molar-refractivity contribution is 1.72. The van der Waals surface area contributed by atoms with Gasteiger partial charge in [-0.1, -0.05) is 255 Å². The molecule has 0 heteroatoms. The smallest absolute Gasteiger partial charge is 0.0623 e. The summed E-state index contributed by atoms with van der Waals surface area (Å²) in [5, 5.41) is 0. The van der Waals surface area contributed by atoms with Gasteiger partial charge in [-0.25, -0.2) is 0 Å². The Hall–Kier alpha value is -5.46. The van der Waals surface area contributed by atoms with Crippen molar-refractivity contribution >= 4 is 0 Å². The van der Waals surface area contributed by atoms with E-state index >= 15 is 0 Å². The van der Waals surface area contributed by atoms with Gasteiger partial charge in [0, 0.05) is 0 Å². The van der Waals surface area contributed by atoms with Crippen LogP contribution >= 0.6 is 0 Å². The van der Waals surface area contributed by atoms with Crippen LogP contribution < -0.4 is 0 Å². The van der Waals surface area contributed by atoms with E-state index in [1.165, 1.54) is 0 Å². The first-order valence-corrected chi connectivity index (χ1v) is 14.0. The lowest BCUT2D eigenvalue weighted by Crippen LogP contribution is -1.47. The molecule has 0 fully saturated rings. The Morgan fingerprint density at radius 3 is 0.0952 bits per heavy atom. The molecule has 0 radical (unpaired) electrons. The molecule has 42 heavy (non-hydrogen) atoms. The maximum absolute atomic E-state index is 2.00. The van der Waals surface area contributed by atoms with Crippen molar-refractivity contribution in [3.8, 4) is 0 Å². The van der Waals surface area contributed by atoms with Crippen molar-refractivity contribution < 1.29 is 0 Å². The predicted octanol–water partition coefficient (Wildman–Crippen LogP) is 11.8. The van der Waals surface area contributed by atoms with Crippen LogP contribution in [0.25, 0.3) is 0 Å². The first-order chi connectivity index (χ1) is 21.0. The Balaban J connectivity index is 3.00. The minimum atomic E-state index is 2.00. The zero-order valence-electron chi connectivity index (χ0n) is 24.2. The first kappa shape index (κ1) is 34.6. The topological polar surface area (TPSA) is 0 Å². The van der Waals surface area contributed by atoms with Crippen LogP contribution in [0.4, 0.5) is 0 Å². The van der Waals surface area contributed by atoms with E-state index in [0.29, 0.717) is 0 Å². The molecule has 0 aliphatic carbocycles. The second-order valence-electron chi connectivity index (χ2n) is 8.08. The van der Waals surface area contributed by atoms with E-state index in [9.17, 15) is 0 Å². The van der Waals surface area contributed by atoms with E-state index in [1.54, 1.807) is 0 Å². The Labute approximate surface area is 254 Å². The third-order valence-corrected chi connectivity index (χ3v) is 4.67. The molecular formula is C42H42. The molecule has 0 heterocycles. The van der Waals surface area contributed by atoms with Crippen LogP contribution in [0.2, 0.25) is 0 Å². The number of rotatable bonds is 0. The van der Waals surface area contributed by atoms with Crippen molar-refractivity contribution in [3.05, 3.63) is 255 Å². The third kappa shape index (κ3) is 29.1. The van der Waals surface area contributed by atoms with E-state index in [0.717, 1.165) is 0 Å². The molecular weight excluding hydrogens is 504 g/mol. The molecule has 0 aliphatic rings. The van der Waals surface area contributed by atoms with Gasteiger partial charge in [0.05, 0.1) is 0 Å². The lowest BCUT2D eigenvalue weighted by atomic mass is 10.4. The largest absolute Gasteiger partial charge is 0.0623 e. The molecule has 1 aromatic carbocycles. The number of hydrogen-bond donors (Lipinski definition) is 0. The molecule has 0 unspecified atom stereocenters. The summed E-state index contributed by atoms with van der Waals surface area (Å²) < 4.78 is 0. The highest BCUT2D eigenvalue weighted by Gasteiger charge is 1.61. The summed E-state index contributed by atoms with van der Waals surface area (Å²) in [7, 11) is 0. The quantitative estimate of drug-likeness (QED) is 0.303. The Morgan fingerprint density at radius 2 is 0.0714 bits per heavy atom. The molecule has 0 bridgehead atoms. The standard InChI is InChI=1S/C42H42/c1-2-4-6-8-10-12-14-16-18-20-22-24-26-28-30-32-34-36-38-40-42-41-39-37-35-33-31-29-27-25-23-21-19-17-15-13-11-9-7-5-3-1/h1-42H. The van der Waals surface area contributed by atoms with E-state index in [2.05, 4.69) is 0 Å². The summed E-state index contributed by atoms with van der Waals surface area (Å²) >= 11 is 0. The minimum Gasteiger partial charge on any atom is -0.0623 e. The van der Waals surface area contributed by atoms with Gasteiger partial charge < -0.3 is 0 Å². The van der Waals surface area contributed by atoms with Crippen LogP contribution in [0, 0.1) is 0 Å². The second-order valence-corrected chi connectivity index (χ2v) is 8.08. The van der Waals surface area contributed by atoms with Crippen LogP contribution in [0.1, 0.15) is 0 Å². The van der Waals surface area contributed by atoms with Gasteiger partial charge in [0.25, 0.3) is 0 Å². The summed E-state index contributed by atoms with van der Waals surface area (Å²) in [6, 6.07) is 84.0. The molecule has 210 valence electrons. The summed E-state index contributed by atoms with van der Waals surface area (Å²) in [6.45, 7) is 0. The van der Waals surface area contributed by atoms with E-state index < -0.39 is 0 Å². The second kappa shape index (κ2) is 31.8. The Kier molecular flexibility index (Phi) is 26.1. The highest BCUT2D eigenvalue weighted by Crippen LogP contribution is 1.83. The van der Waals surface area contributed by atoms with Crippen molar-refractivity contribution in [1.29, 1.82) is 0 Å². The van der Waals surface area contributed by atoms with Crippen molar-refractivity contribution in [2.45, 2.75) is 0 Å². The molecule has 0 saturated heterocycles. The molecule has 0 spiro atoms. The summed E-state index contributed by atoms with van der Waals surface area (Å²) in [6.07, 6.45) is 0. The van der Waals surface area contributed by atoms with Gasteiger partial charge in [-0.3, -0.25) is 0 Å². The fourth-order valence-electron chi connectivity index (χ4n) is 2.69. The van der Waals surface area contributed by atoms with Crippen LogP contribution in [0.15, 0.2) is 255 Å². The average Bonchev–Trinajstić information content (AvgIpc) is 3.00. The van der Waals surface area contributed by atoms with E-state index in [-0.39, 0.29) is 0 Å². The third-order valence-electron chi connectivity index (χ3n) is 4.67. The van der Waals surface area contributed by atoms with Gasteiger partial charge in [0.15, 0.2) is 0 Å². The van der Waals surface area contributed by atoms with Gasteiger partial charge in [0.2, 0.25) is 0 Å². The van der Waals surface area contributed by atoms with Crippen molar-refractivity contribution in [2.75, 3.05) is 0 Å².